The van der Waals surface area contributed by atoms with Gasteiger partial charge >= 0.3 is 5.97 Å². The topological polar surface area (TPSA) is 91.0 Å². The van der Waals surface area contributed by atoms with Gasteiger partial charge in [0, 0.05) is 13.6 Å². The molecule has 0 aromatic carbocycles. The number of halogens is 1. The van der Waals surface area contributed by atoms with Crippen molar-refractivity contribution < 1.29 is 14.3 Å². The Hall–Kier alpha value is -2.16. The van der Waals surface area contributed by atoms with Crippen LogP contribution in [0.25, 0.3) is 0 Å². The standard InChI is InChI=1S/C13H16BrN5O3/c1-4-19-10(9(14)7-16-19)12(20)17-11-8(6-15-18(11)3)13(21)22-5-2/h6-7H,4-5H2,1-3H3,(H,17,20). The van der Waals surface area contributed by atoms with Gasteiger partial charge in [0.25, 0.3) is 5.91 Å². The summed E-state index contributed by atoms with van der Waals surface area (Å²) in [5.74, 6) is -0.645. The van der Waals surface area contributed by atoms with Crippen molar-refractivity contribution in [1.82, 2.24) is 19.6 Å². The largest absolute Gasteiger partial charge is 0.462 e. The Balaban J connectivity index is 2.31. The first-order valence-electron chi connectivity index (χ1n) is 6.71. The molecule has 2 aromatic heterocycles. The third kappa shape index (κ3) is 3.03. The number of hydrogen-bond acceptors (Lipinski definition) is 5. The van der Waals surface area contributed by atoms with E-state index >= 15 is 0 Å². The monoisotopic (exact) mass is 369 g/mol. The molecule has 118 valence electrons. The first-order valence-corrected chi connectivity index (χ1v) is 7.50. The summed E-state index contributed by atoms with van der Waals surface area (Å²) >= 11 is 3.30. The molecule has 9 heteroatoms. The highest BCUT2D eigenvalue weighted by molar-refractivity contribution is 9.10. The van der Waals surface area contributed by atoms with Crippen LogP contribution in [-0.4, -0.2) is 38.0 Å². The van der Waals surface area contributed by atoms with Crippen LogP contribution in [0.5, 0.6) is 0 Å². The molecule has 0 bridgehead atoms. The predicted molar refractivity (Wildman–Crippen MR) is 82.7 cm³/mol. The van der Waals surface area contributed by atoms with E-state index in [0.717, 1.165) is 0 Å². The van der Waals surface area contributed by atoms with E-state index in [0.29, 0.717) is 16.7 Å². The van der Waals surface area contributed by atoms with Gasteiger partial charge in [-0.3, -0.25) is 14.2 Å². The zero-order valence-corrected chi connectivity index (χ0v) is 14.0. The lowest BCUT2D eigenvalue weighted by atomic mass is 10.3. The molecule has 0 spiro atoms. The zero-order chi connectivity index (χ0) is 16.3. The van der Waals surface area contributed by atoms with E-state index in [1.165, 1.54) is 10.9 Å². The summed E-state index contributed by atoms with van der Waals surface area (Å²) in [7, 11) is 1.63. The molecule has 2 heterocycles. The first kappa shape index (κ1) is 16.2. The van der Waals surface area contributed by atoms with E-state index in [4.69, 9.17) is 4.74 Å². The molecule has 22 heavy (non-hydrogen) atoms. The molecule has 2 rings (SSSR count). The fourth-order valence-corrected chi connectivity index (χ4v) is 2.42. The lowest BCUT2D eigenvalue weighted by molar-refractivity contribution is 0.0527. The van der Waals surface area contributed by atoms with Crippen LogP contribution in [0.1, 0.15) is 34.7 Å². The molecule has 0 aliphatic rings. The van der Waals surface area contributed by atoms with E-state index in [2.05, 4.69) is 31.4 Å². The van der Waals surface area contributed by atoms with Gasteiger partial charge in [0.15, 0.2) is 0 Å². The smallest absolute Gasteiger partial charge is 0.343 e. The van der Waals surface area contributed by atoms with Gasteiger partial charge in [-0.05, 0) is 29.8 Å². The molecular weight excluding hydrogens is 354 g/mol. The Bertz CT molecular complexity index is 707. The summed E-state index contributed by atoms with van der Waals surface area (Å²) in [6.07, 6.45) is 2.91. The minimum absolute atomic E-state index is 0.205. The van der Waals surface area contributed by atoms with Crippen molar-refractivity contribution in [3.8, 4) is 0 Å². The third-order valence-electron chi connectivity index (χ3n) is 2.98. The molecule has 0 radical (unpaired) electrons. The van der Waals surface area contributed by atoms with Crippen molar-refractivity contribution in [1.29, 1.82) is 0 Å². The lowest BCUT2D eigenvalue weighted by Gasteiger charge is -2.09. The van der Waals surface area contributed by atoms with E-state index in [9.17, 15) is 9.59 Å². The summed E-state index contributed by atoms with van der Waals surface area (Å²) in [6.45, 7) is 4.38. The minimum atomic E-state index is -0.533. The van der Waals surface area contributed by atoms with Gasteiger partial charge in [0.2, 0.25) is 0 Å². The summed E-state index contributed by atoms with van der Waals surface area (Å²) in [4.78, 5) is 24.3. The van der Waals surface area contributed by atoms with Crippen molar-refractivity contribution >= 4 is 33.6 Å². The maximum atomic E-state index is 12.5. The van der Waals surface area contributed by atoms with Crippen molar-refractivity contribution in [2.24, 2.45) is 7.05 Å². The highest BCUT2D eigenvalue weighted by Crippen LogP contribution is 2.20. The van der Waals surface area contributed by atoms with E-state index < -0.39 is 5.97 Å². The summed E-state index contributed by atoms with van der Waals surface area (Å²) in [5.41, 5.74) is 0.579. The van der Waals surface area contributed by atoms with Gasteiger partial charge in [-0.1, -0.05) is 0 Å². The van der Waals surface area contributed by atoms with Crippen molar-refractivity contribution in [3.05, 3.63) is 28.1 Å². The summed E-state index contributed by atoms with van der Waals surface area (Å²) in [6, 6.07) is 0. The third-order valence-corrected chi connectivity index (χ3v) is 3.56. The predicted octanol–water partition coefficient (Wildman–Crippen LogP) is 1.83. The van der Waals surface area contributed by atoms with Gasteiger partial charge in [0.1, 0.15) is 17.1 Å². The van der Waals surface area contributed by atoms with Crippen molar-refractivity contribution in [2.75, 3.05) is 11.9 Å². The number of aryl methyl sites for hydroxylation is 2. The molecule has 1 amide bonds. The molecule has 0 saturated carbocycles. The number of carbonyl (C=O) groups excluding carboxylic acids is 2. The normalized spacial score (nSPS) is 10.5. The Morgan fingerprint density at radius 2 is 2.05 bits per heavy atom. The highest BCUT2D eigenvalue weighted by atomic mass is 79.9. The second-order valence-corrected chi connectivity index (χ2v) is 5.22. The lowest BCUT2D eigenvalue weighted by Crippen LogP contribution is -2.21. The van der Waals surface area contributed by atoms with Crippen LogP contribution in [0.2, 0.25) is 0 Å². The number of hydrogen-bond donors (Lipinski definition) is 1. The van der Waals surface area contributed by atoms with Crippen LogP contribution < -0.4 is 5.32 Å². The second-order valence-electron chi connectivity index (χ2n) is 4.36. The zero-order valence-electron chi connectivity index (χ0n) is 12.5. The molecule has 1 N–H and O–H groups in total. The molecule has 0 saturated heterocycles. The molecule has 0 aliphatic carbocycles. The molecule has 0 fully saturated rings. The van der Waals surface area contributed by atoms with Crippen LogP contribution in [0.15, 0.2) is 16.9 Å². The number of amides is 1. The maximum absolute atomic E-state index is 12.5. The number of rotatable bonds is 5. The fraction of sp³-hybridized carbons (Fsp3) is 0.385. The highest BCUT2D eigenvalue weighted by Gasteiger charge is 2.22. The molecule has 0 unspecified atom stereocenters. The molecule has 0 aliphatic heterocycles. The van der Waals surface area contributed by atoms with Crippen LogP contribution in [0.4, 0.5) is 5.82 Å². The summed E-state index contributed by atoms with van der Waals surface area (Å²) < 4.78 is 8.49. The van der Waals surface area contributed by atoms with E-state index in [1.54, 1.807) is 24.9 Å². The van der Waals surface area contributed by atoms with Gasteiger partial charge in [0.05, 0.1) is 23.5 Å². The van der Waals surface area contributed by atoms with Gasteiger partial charge < -0.3 is 10.1 Å². The van der Waals surface area contributed by atoms with Crippen molar-refractivity contribution in [3.63, 3.8) is 0 Å². The van der Waals surface area contributed by atoms with Crippen LogP contribution >= 0.6 is 15.9 Å². The van der Waals surface area contributed by atoms with Crippen molar-refractivity contribution in [2.45, 2.75) is 20.4 Å². The average molecular weight is 370 g/mol. The Kier molecular flexibility index (Phi) is 4.96. The van der Waals surface area contributed by atoms with Crippen LogP contribution in [0.3, 0.4) is 0 Å². The number of carbonyl (C=O) groups is 2. The molecule has 8 nitrogen and oxygen atoms in total. The quantitative estimate of drug-likeness (QED) is 0.811. The Morgan fingerprint density at radius 3 is 2.68 bits per heavy atom. The molecular formula is C13H16BrN5O3. The Labute approximate surface area is 135 Å². The average Bonchev–Trinajstić information content (AvgIpc) is 3.03. The number of nitrogens with one attached hydrogen (secondary N) is 1. The SMILES string of the molecule is CCOC(=O)c1cnn(C)c1NC(=O)c1c(Br)cnn1CC. The number of anilines is 1. The number of aromatic nitrogens is 4. The Morgan fingerprint density at radius 1 is 1.32 bits per heavy atom. The van der Waals surface area contributed by atoms with Gasteiger partial charge in [-0.25, -0.2) is 4.79 Å². The molecule has 2 aromatic rings. The fourth-order valence-electron chi connectivity index (χ4n) is 1.94. The first-order chi connectivity index (χ1) is 10.5. The second kappa shape index (κ2) is 6.73. The van der Waals surface area contributed by atoms with Gasteiger partial charge in [-0.15, -0.1) is 0 Å². The van der Waals surface area contributed by atoms with Crippen LogP contribution in [0, 0.1) is 0 Å². The van der Waals surface area contributed by atoms with E-state index in [1.807, 2.05) is 6.92 Å². The number of esters is 1. The molecule has 0 atom stereocenters. The summed E-state index contributed by atoms with van der Waals surface area (Å²) in [5, 5.41) is 10.8. The van der Waals surface area contributed by atoms with E-state index in [-0.39, 0.29) is 23.9 Å². The minimum Gasteiger partial charge on any atom is -0.462 e. The maximum Gasteiger partial charge on any atom is 0.343 e. The van der Waals surface area contributed by atoms with Gasteiger partial charge in [-0.2, -0.15) is 10.2 Å². The van der Waals surface area contributed by atoms with Crippen LogP contribution in [-0.2, 0) is 18.3 Å². The number of ether oxygens (including phenoxy) is 1. The number of nitrogens with zero attached hydrogens (tertiary/aromatic N) is 4.